The van der Waals surface area contributed by atoms with Gasteiger partial charge in [-0.25, -0.2) is 0 Å². The van der Waals surface area contributed by atoms with Gasteiger partial charge in [-0.1, -0.05) is 51.7 Å². The Hall–Kier alpha value is -0.760. The van der Waals surface area contributed by atoms with Crippen molar-refractivity contribution in [1.29, 1.82) is 0 Å². The zero-order chi connectivity index (χ0) is 11.6. The topological polar surface area (TPSA) is 9.23 Å². The van der Waals surface area contributed by atoms with Crippen molar-refractivity contribution >= 4 is 12.6 Å². The van der Waals surface area contributed by atoms with Gasteiger partial charge in [0.25, 0.3) is 0 Å². The Morgan fingerprint density at radius 3 is 2.25 bits per heavy atom. The second kappa shape index (κ2) is 8.40. The van der Waals surface area contributed by atoms with Gasteiger partial charge in [-0.15, -0.1) is 0 Å². The first kappa shape index (κ1) is 13.3. The fraction of sp³-hybridized carbons (Fsp3) is 0.571. The molecule has 0 aromatic heterocycles. The molecule has 0 aliphatic carbocycles. The van der Waals surface area contributed by atoms with Gasteiger partial charge in [0.1, 0.15) is 5.75 Å². The van der Waals surface area contributed by atoms with Gasteiger partial charge in [0.2, 0.25) is 0 Å². The van der Waals surface area contributed by atoms with Gasteiger partial charge in [-0.3, -0.25) is 0 Å². The highest BCUT2D eigenvalue weighted by Gasteiger charge is 1.94. The highest BCUT2D eigenvalue weighted by molar-refractivity contribution is 7.80. The molecule has 1 radical (unpaired) electrons. The molecule has 1 rings (SSSR count). The van der Waals surface area contributed by atoms with E-state index in [4.69, 9.17) is 17.4 Å². The third kappa shape index (κ3) is 5.96. The number of ether oxygens (including phenoxy) is 1. The standard InChI is InChI=1S/C14H21OS/c1-2-3-4-5-6-7-12-15-13-8-10-14(16)11-9-13/h8-11H,2-7,12H2,1H3. The average molecular weight is 237 g/mol. The fourth-order valence-corrected chi connectivity index (χ4v) is 1.74. The summed E-state index contributed by atoms with van der Waals surface area (Å²) in [5, 5.41) is 0. The van der Waals surface area contributed by atoms with Crippen molar-refractivity contribution in [1.82, 2.24) is 0 Å². The van der Waals surface area contributed by atoms with Crippen LogP contribution in [0.15, 0.2) is 29.2 Å². The molecule has 89 valence electrons. The first-order chi connectivity index (χ1) is 7.83. The Balaban J connectivity index is 2.01. The van der Waals surface area contributed by atoms with Gasteiger partial charge in [-0.2, -0.15) is 0 Å². The fourth-order valence-electron chi connectivity index (χ4n) is 1.61. The number of rotatable bonds is 8. The molecule has 0 N–H and O–H groups in total. The number of unbranched alkanes of at least 4 members (excludes halogenated alkanes) is 5. The maximum atomic E-state index is 5.62. The van der Waals surface area contributed by atoms with Crippen molar-refractivity contribution in [2.24, 2.45) is 0 Å². The minimum atomic E-state index is 0.822. The molecule has 1 aromatic carbocycles. The number of hydrogen-bond acceptors (Lipinski definition) is 1. The summed E-state index contributed by atoms with van der Waals surface area (Å²) in [6, 6.07) is 7.71. The average Bonchev–Trinajstić information content (AvgIpc) is 2.30. The molecule has 16 heavy (non-hydrogen) atoms. The highest BCUT2D eigenvalue weighted by Crippen LogP contribution is 2.15. The van der Waals surface area contributed by atoms with Crippen LogP contribution in [-0.4, -0.2) is 6.61 Å². The first-order valence-corrected chi connectivity index (χ1v) is 6.63. The summed E-state index contributed by atoms with van der Waals surface area (Å²) in [6.07, 6.45) is 7.80. The van der Waals surface area contributed by atoms with Crippen LogP contribution >= 0.6 is 12.6 Å². The third-order valence-electron chi connectivity index (χ3n) is 2.59. The van der Waals surface area contributed by atoms with E-state index in [1.54, 1.807) is 0 Å². The Morgan fingerprint density at radius 1 is 0.938 bits per heavy atom. The largest absolute Gasteiger partial charge is 0.494 e. The molecule has 2 heteroatoms. The molecule has 0 saturated heterocycles. The quantitative estimate of drug-likeness (QED) is 0.579. The summed E-state index contributed by atoms with van der Waals surface area (Å²) in [5.41, 5.74) is 0. The van der Waals surface area contributed by atoms with Crippen molar-refractivity contribution < 1.29 is 4.74 Å². The molecule has 0 aliphatic heterocycles. The lowest BCUT2D eigenvalue weighted by molar-refractivity contribution is 0.304. The molecule has 0 amide bonds. The van der Waals surface area contributed by atoms with Gasteiger partial charge in [0, 0.05) is 4.90 Å². The van der Waals surface area contributed by atoms with Crippen LogP contribution in [0.5, 0.6) is 5.75 Å². The Kier molecular flexibility index (Phi) is 6.98. The maximum absolute atomic E-state index is 5.62. The molecule has 0 aliphatic rings. The molecular weight excluding hydrogens is 216 g/mol. The second-order valence-corrected chi connectivity index (χ2v) is 4.56. The first-order valence-electron chi connectivity index (χ1n) is 6.23. The van der Waals surface area contributed by atoms with E-state index in [0.29, 0.717) is 0 Å². The van der Waals surface area contributed by atoms with Crippen LogP contribution in [0.2, 0.25) is 0 Å². The van der Waals surface area contributed by atoms with Crippen LogP contribution in [0, 0.1) is 0 Å². The van der Waals surface area contributed by atoms with Crippen molar-refractivity contribution in [3.63, 3.8) is 0 Å². The van der Waals surface area contributed by atoms with Gasteiger partial charge in [-0.05, 0) is 30.7 Å². The molecular formula is C14H21OS. The highest BCUT2D eigenvalue weighted by atomic mass is 32.1. The van der Waals surface area contributed by atoms with Crippen LogP contribution in [0.1, 0.15) is 45.4 Å². The van der Waals surface area contributed by atoms with Crippen LogP contribution in [-0.2, 0) is 0 Å². The van der Waals surface area contributed by atoms with E-state index < -0.39 is 0 Å². The number of benzene rings is 1. The summed E-state index contributed by atoms with van der Waals surface area (Å²) in [5.74, 6) is 0.933. The third-order valence-corrected chi connectivity index (χ3v) is 2.86. The lowest BCUT2D eigenvalue weighted by Crippen LogP contribution is -1.96. The van der Waals surface area contributed by atoms with Crippen LogP contribution < -0.4 is 4.74 Å². The molecule has 0 spiro atoms. The minimum absolute atomic E-state index is 0.822. The van der Waals surface area contributed by atoms with Crippen molar-refractivity contribution in [2.75, 3.05) is 6.61 Å². The van der Waals surface area contributed by atoms with E-state index in [0.717, 1.165) is 23.7 Å². The summed E-state index contributed by atoms with van der Waals surface area (Å²) in [4.78, 5) is 0.868. The Morgan fingerprint density at radius 2 is 1.56 bits per heavy atom. The minimum Gasteiger partial charge on any atom is -0.494 e. The lowest BCUT2D eigenvalue weighted by atomic mass is 10.1. The van der Waals surface area contributed by atoms with Crippen molar-refractivity contribution in [2.45, 2.75) is 50.3 Å². The van der Waals surface area contributed by atoms with Crippen molar-refractivity contribution in [3.8, 4) is 5.75 Å². The number of hydrogen-bond donors (Lipinski definition) is 0. The van der Waals surface area contributed by atoms with E-state index in [1.165, 1.54) is 32.1 Å². The molecule has 0 unspecified atom stereocenters. The van der Waals surface area contributed by atoms with Gasteiger partial charge in [0.05, 0.1) is 6.61 Å². The van der Waals surface area contributed by atoms with E-state index >= 15 is 0 Å². The van der Waals surface area contributed by atoms with Crippen LogP contribution in [0.4, 0.5) is 0 Å². The Bertz CT molecular complexity index is 269. The van der Waals surface area contributed by atoms with Crippen LogP contribution in [0.3, 0.4) is 0 Å². The summed E-state index contributed by atoms with van der Waals surface area (Å²) >= 11 is 5.01. The molecule has 0 saturated carbocycles. The van der Waals surface area contributed by atoms with Gasteiger partial charge < -0.3 is 4.74 Å². The van der Waals surface area contributed by atoms with E-state index in [9.17, 15) is 0 Å². The van der Waals surface area contributed by atoms with E-state index in [2.05, 4.69) is 6.92 Å². The monoisotopic (exact) mass is 237 g/mol. The zero-order valence-corrected chi connectivity index (χ0v) is 10.9. The second-order valence-electron chi connectivity index (χ2n) is 4.09. The molecule has 0 bridgehead atoms. The normalized spacial score (nSPS) is 10.3. The molecule has 1 aromatic rings. The van der Waals surface area contributed by atoms with E-state index in [-0.39, 0.29) is 0 Å². The van der Waals surface area contributed by atoms with Gasteiger partial charge in [0.15, 0.2) is 0 Å². The van der Waals surface area contributed by atoms with Crippen molar-refractivity contribution in [3.05, 3.63) is 24.3 Å². The molecule has 0 fully saturated rings. The molecule has 0 heterocycles. The summed E-state index contributed by atoms with van der Waals surface area (Å²) in [6.45, 7) is 3.06. The summed E-state index contributed by atoms with van der Waals surface area (Å²) < 4.78 is 5.62. The van der Waals surface area contributed by atoms with E-state index in [1.807, 2.05) is 24.3 Å². The lowest BCUT2D eigenvalue weighted by Gasteiger charge is -2.05. The summed E-state index contributed by atoms with van der Waals surface area (Å²) in [7, 11) is 0. The predicted molar refractivity (Wildman–Crippen MR) is 71.2 cm³/mol. The van der Waals surface area contributed by atoms with Gasteiger partial charge >= 0.3 is 0 Å². The maximum Gasteiger partial charge on any atom is 0.119 e. The zero-order valence-electron chi connectivity index (χ0n) is 10.1. The Labute approximate surface area is 105 Å². The predicted octanol–water partition coefficient (Wildman–Crippen LogP) is 4.98. The molecule has 0 atom stereocenters. The SMILES string of the molecule is CCCCCCCCOc1ccc([S])cc1. The van der Waals surface area contributed by atoms with Crippen LogP contribution in [0.25, 0.3) is 0 Å². The molecule has 1 nitrogen and oxygen atoms in total. The smallest absolute Gasteiger partial charge is 0.119 e.